The van der Waals surface area contributed by atoms with Crippen LogP contribution in [-0.2, 0) is 11.3 Å². The Morgan fingerprint density at radius 2 is 2.00 bits per heavy atom. The van der Waals surface area contributed by atoms with Gasteiger partial charge in [-0.15, -0.1) is 5.10 Å². The minimum absolute atomic E-state index is 0.293. The maximum Gasteiger partial charge on any atom is 0.360 e. The Balaban J connectivity index is 2.09. The molecule has 0 radical (unpaired) electrons. The number of carbonyl (C=O) groups is 1. The Morgan fingerprint density at radius 3 is 2.65 bits per heavy atom. The molecule has 5 heteroatoms. The van der Waals surface area contributed by atoms with Crippen molar-refractivity contribution in [3.63, 3.8) is 0 Å². The summed E-state index contributed by atoms with van der Waals surface area (Å²) in [6.07, 6.45) is 0. The van der Waals surface area contributed by atoms with Crippen molar-refractivity contribution in [2.45, 2.75) is 27.3 Å². The van der Waals surface area contributed by atoms with Gasteiger partial charge in [0.2, 0.25) is 0 Å². The second-order valence-electron chi connectivity index (χ2n) is 5.16. The smallest absolute Gasteiger partial charge is 0.360 e. The summed E-state index contributed by atoms with van der Waals surface area (Å²) in [5, 5.41) is 7.95. The van der Waals surface area contributed by atoms with Crippen LogP contribution < -0.4 is 0 Å². The van der Waals surface area contributed by atoms with Crippen LogP contribution in [0.25, 0.3) is 0 Å². The third-order valence-electron chi connectivity index (χ3n) is 2.90. The van der Waals surface area contributed by atoms with E-state index in [1.165, 1.54) is 0 Å². The number of nitrogens with zero attached hydrogens (tertiary/aromatic N) is 3. The number of carbonyl (C=O) groups excluding carboxylic acids is 1. The monoisotopic (exact) mass is 273 g/mol. The summed E-state index contributed by atoms with van der Waals surface area (Å²) in [5.41, 5.74) is 2.13. The molecule has 0 unspecified atom stereocenters. The van der Waals surface area contributed by atoms with Crippen LogP contribution in [-0.4, -0.2) is 27.6 Å². The highest BCUT2D eigenvalue weighted by atomic mass is 16.5. The second kappa shape index (κ2) is 6.32. The minimum Gasteiger partial charge on any atom is -0.461 e. The maximum atomic E-state index is 11.9. The molecule has 0 bridgehead atoms. The van der Waals surface area contributed by atoms with Gasteiger partial charge in [0.05, 0.1) is 18.8 Å². The van der Waals surface area contributed by atoms with E-state index in [2.05, 4.69) is 10.3 Å². The molecular formula is C15H19N3O2. The lowest BCUT2D eigenvalue weighted by atomic mass is 10.2. The average Bonchev–Trinajstić information content (AvgIpc) is 2.79. The Labute approximate surface area is 118 Å². The number of rotatable bonds is 5. The fraction of sp³-hybridized carbons (Fsp3) is 0.400. The zero-order chi connectivity index (χ0) is 14.5. The van der Waals surface area contributed by atoms with Crippen molar-refractivity contribution in [3.05, 3.63) is 47.3 Å². The van der Waals surface area contributed by atoms with E-state index in [4.69, 9.17) is 4.74 Å². The van der Waals surface area contributed by atoms with Crippen LogP contribution in [0, 0.1) is 12.8 Å². The first-order valence-electron chi connectivity index (χ1n) is 6.69. The van der Waals surface area contributed by atoms with Gasteiger partial charge in [0.1, 0.15) is 0 Å². The summed E-state index contributed by atoms with van der Waals surface area (Å²) in [6, 6.07) is 9.93. The molecule has 2 rings (SSSR count). The highest BCUT2D eigenvalue weighted by Gasteiger charge is 2.18. The number of ether oxygens (including phenoxy) is 1. The lowest BCUT2D eigenvalue weighted by Gasteiger charge is -2.06. The van der Waals surface area contributed by atoms with E-state index in [1.807, 2.05) is 51.1 Å². The largest absolute Gasteiger partial charge is 0.461 e. The Bertz CT molecular complexity index is 576. The first kappa shape index (κ1) is 14.2. The molecule has 1 aromatic carbocycles. The SMILES string of the molecule is Cc1c(C(=O)OCC(C)C)nnn1Cc1ccccc1. The van der Waals surface area contributed by atoms with Gasteiger partial charge >= 0.3 is 5.97 Å². The molecule has 0 aliphatic carbocycles. The van der Waals surface area contributed by atoms with Crippen LogP contribution in [0.1, 0.15) is 35.6 Å². The fourth-order valence-electron chi connectivity index (χ4n) is 1.77. The summed E-state index contributed by atoms with van der Waals surface area (Å²) >= 11 is 0. The Morgan fingerprint density at radius 1 is 1.30 bits per heavy atom. The highest BCUT2D eigenvalue weighted by molar-refractivity contribution is 5.88. The normalized spacial score (nSPS) is 10.8. The van der Waals surface area contributed by atoms with E-state index in [-0.39, 0.29) is 0 Å². The van der Waals surface area contributed by atoms with Crippen molar-refractivity contribution in [1.29, 1.82) is 0 Å². The molecule has 106 valence electrons. The molecule has 0 fully saturated rings. The number of esters is 1. The molecule has 0 atom stereocenters. The van der Waals surface area contributed by atoms with Crippen LogP contribution in [0.4, 0.5) is 0 Å². The predicted molar refractivity (Wildman–Crippen MR) is 75.4 cm³/mol. The van der Waals surface area contributed by atoms with Gasteiger partial charge in [-0.25, -0.2) is 9.48 Å². The summed E-state index contributed by atoms with van der Waals surface area (Å²) in [4.78, 5) is 11.9. The summed E-state index contributed by atoms with van der Waals surface area (Å²) in [5.74, 6) is -0.103. The average molecular weight is 273 g/mol. The van der Waals surface area contributed by atoms with Crippen LogP contribution in [0.3, 0.4) is 0 Å². The molecule has 0 aliphatic rings. The van der Waals surface area contributed by atoms with Crippen molar-refractivity contribution < 1.29 is 9.53 Å². The second-order valence-corrected chi connectivity index (χ2v) is 5.16. The van der Waals surface area contributed by atoms with Crippen molar-refractivity contribution in [2.24, 2.45) is 5.92 Å². The summed E-state index contributed by atoms with van der Waals surface area (Å²) < 4.78 is 6.89. The molecule has 0 saturated heterocycles. The van der Waals surface area contributed by atoms with Gasteiger partial charge in [-0.1, -0.05) is 49.4 Å². The zero-order valence-corrected chi connectivity index (χ0v) is 12.0. The number of aromatic nitrogens is 3. The van der Waals surface area contributed by atoms with E-state index in [9.17, 15) is 4.79 Å². The lowest BCUT2D eigenvalue weighted by Crippen LogP contribution is -2.12. The quantitative estimate of drug-likeness (QED) is 0.785. The van der Waals surface area contributed by atoms with Crippen LogP contribution in [0.15, 0.2) is 30.3 Å². The van der Waals surface area contributed by atoms with Gasteiger partial charge in [0, 0.05) is 0 Å². The molecule has 5 nitrogen and oxygen atoms in total. The molecule has 0 N–H and O–H groups in total. The van der Waals surface area contributed by atoms with Gasteiger partial charge in [0.25, 0.3) is 0 Å². The minimum atomic E-state index is -0.407. The fourth-order valence-corrected chi connectivity index (χ4v) is 1.77. The van der Waals surface area contributed by atoms with Crippen molar-refractivity contribution in [3.8, 4) is 0 Å². The van der Waals surface area contributed by atoms with Crippen LogP contribution in [0.5, 0.6) is 0 Å². The van der Waals surface area contributed by atoms with Gasteiger partial charge in [-0.05, 0) is 18.4 Å². The van der Waals surface area contributed by atoms with Gasteiger partial charge in [0.15, 0.2) is 5.69 Å². The van der Waals surface area contributed by atoms with E-state index in [0.29, 0.717) is 24.8 Å². The first-order chi connectivity index (χ1) is 9.58. The molecule has 0 aliphatic heterocycles. The van der Waals surface area contributed by atoms with Gasteiger partial charge in [-0.2, -0.15) is 0 Å². The van der Waals surface area contributed by atoms with E-state index < -0.39 is 5.97 Å². The standard InChI is InChI=1S/C15H19N3O2/c1-11(2)10-20-15(19)14-12(3)18(17-16-14)9-13-7-5-4-6-8-13/h4-8,11H,9-10H2,1-3H3. The molecule has 0 spiro atoms. The molecule has 0 amide bonds. The zero-order valence-electron chi connectivity index (χ0n) is 12.0. The Kier molecular flexibility index (Phi) is 4.50. The van der Waals surface area contributed by atoms with E-state index >= 15 is 0 Å². The van der Waals surface area contributed by atoms with Crippen molar-refractivity contribution >= 4 is 5.97 Å². The third-order valence-corrected chi connectivity index (χ3v) is 2.90. The summed E-state index contributed by atoms with van der Waals surface area (Å²) in [6.45, 7) is 6.80. The van der Waals surface area contributed by atoms with Crippen molar-refractivity contribution in [2.75, 3.05) is 6.61 Å². The van der Waals surface area contributed by atoms with Crippen LogP contribution >= 0.6 is 0 Å². The third kappa shape index (κ3) is 3.44. The molecule has 0 saturated carbocycles. The topological polar surface area (TPSA) is 57.0 Å². The van der Waals surface area contributed by atoms with Gasteiger partial charge < -0.3 is 4.74 Å². The van der Waals surface area contributed by atoms with Crippen LogP contribution in [0.2, 0.25) is 0 Å². The summed E-state index contributed by atoms with van der Waals surface area (Å²) in [7, 11) is 0. The molecule has 2 aromatic rings. The Hall–Kier alpha value is -2.17. The molecule has 20 heavy (non-hydrogen) atoms. The molecule has 1 heterocycles. The number of hydrogen-bond acceptors (Lipinski definition) is 4. The molecule has 1 aromatic heterocycles. The van der Waals surface area contributed by atoms with Crippen molar-refractivity contribution in [1.82, 2.24) is 15.0 Å². The first-order valence-corrected chi connectivity index (χ1v) is 6.69. The van der Waals surface area contributed by atoms with E-state index in [1.54, 1.807) is 4.68 Å². The van der Waals surface area contributed by atoms with Gasteiger partial charge in [-0.3, -0.25) is 0 Å². The number of benzene rings is 1. The highest BCUT2D eigenvalue weighted by Crippen LogP contribution is 2.09. The maximum absolute atomic E-state index is 11.9. The van der Waals surface area contributed by atoms with E-state index in [0.717, 1.165) is 11.3 Å². The lowest BCUT2D eigenvalue weighted by molar-refractivity contribution is 0.0451. The predicted octanol–water partition coefficient (Wildman–Crippen LogP) is 2.45. The number of hydrogen-bond donors (Lipinski definition) is 0. The molecular weight excluding hydrogens is 254 g/mol.